The predicted molar refractivity (Wildman–Crippen MR) is 106 cm³/mol. The van der Waals surface area contributed by atoms with Crippen molar-refractivity contribution in [2.24, 2.45) is 4.99 Å². The topological polar surface area (TPSA) is 34.5 Å². The van der Waals surface area contributed by atoms with Crippen LogP contribution < -0.4 is 4.74 Å². The van der Waals surface area contributed by atoms with Crippen LogP contribution in [0, 0.1) is 0 Å². The molecule has 0 fully saturated rings. The molecule has 0 bridgehead atoms. The van der Waals surface area contributed by atoms with E-state index in [9.17, 15) is 0 Å². The summed E-state index contributed by atoms with van der Waals surface area (Å²) in [6.07, 6.45) is 1.65. The Balaban J connectivity index is 1.87. The van der Waals surface area contributed by atoms with Gasteiger partial charge in [-0.25, -0.2) is 9.98 Å². The molecule has 0 aliphatic heterocycles. The van der Waals surface area contributed by atoms with Gasteiger partial charge >= 0.3 is 0 Å². The largest absolute Gasteiger partial charge is 0.495 e. The van der Waals surface area contributed by atoms with Gasteiger partial charge in [0.15, 0.2) is 0 Å². The highest BCUT2D eigenvalue weighted by Gasteiger charge is 2.09. The third-order valence-corrected chi connectivity index (χ3v) is 4.96. The molecule has 0 N–H and O–H groups in total. The summed E-state index contributed by atoms with van der Waals surface area (Å²) in [7, 11) is 1.56. The Bertz CT molecular complexity index is 894. The number of methoxy groups -OCH3 is 1. The van der Waals surface area contributed by atoms with E-state index in [1.54, 1.807) is 25.5 Å². The number of thiazole rings is 1. The highest BCUT2D eigenvalue weighted by atomic mass is 79.9. The summed E-state index contributed by atoms with van der Waals surface area (Å²) in [5.41, 5.74) is 2.63. The normalized spacial score (nSPS) is 11.2. The molecule has 1 heterocycles. The molecule has 3 aromatic rings. The molecule has 0 radical (unpaired) electrons. The van der Waals surface area contributed by atoms with E-state index < -0.39 is 0 Å². The van der Waals surface area contributed by atoms with Crippen molar-refractivity contribution in [1.29, 1.82) is 0 Å². The molecule has 3 rings (SSSR count). The molecule has 24 heavy (non-hydrogen) atoms. The minimum absolute atomic E-state index is 0.446. The minimum atomic E-state index is 0.446. The summed E-state index contributed by atoms with van der Waals surface area (Å²) in [6.45, 7) is 0. The molecule has 0 saturated heterocycles. The van der Waals surface area contributed by atoms with Gasteiger partial charge in [0.1, 0.15) is 5.75 Å². The number of hydrogen-bond donors (Lipinski definition) is 0. The van der Waals surface area contributed by atoms with Crippen molar-refractivity contribution in [1.82, 2.24) is 4.98 Å². The lowest BCUT2D eigenvalue weighted by molar-refractivity contribution is 0.414. The summed E-state index contributed by atoms with van der Waals surface area (Å²) in [6, 6.07) is 11.4. The molecule has 122 valence electrons. The number of aliphatic imine (C=N–C) groups is 1. The fourth-order valence-corrected chi connectivity index (χ4v) is 3.61. The Labute approximate surface area is 162 Å². The van der Waals surface area contributed by atoms with Crippen LogP contribution in [0.4, 0.5) is 5.13 Å². The van der Waals surface area contributed by atoms with E-state index in [-0.39, 0.29) is 0 Å². The molecule has 0 saturated carbocycles. The van der Waals surface area contributed by atoms with Crippen molar-refractivity contribution < 1.29 is 4.74 Å². The van der Waals surface area contributed by atoms with E-state index in [4.69, 9.17) is 27.9 Å². The van der Waals surface area contributed by atoms with Gasteiger partial charge < -0.3 is 4.74 Å². The lowest BCUT2D eigenvalue weighted by Crippen LogP contribution is -1.92. The van der Waals surface area contributed by atoms with Gasteiger partial charge in [0.2, 0.25) is 5.13 Å². The Morgan fingerprint density at radius 3 is 2.67 bits per heavy atom. The predicted octanol–water partition coefficient (Wildman–Crippen LogP) is 6.64. The molecule has 7 heteroatoms. The number of halogens is 3. The van der Waals surface area contributed by atoms with Crippen LogP contribution in [-0.2, 0) is 0 Å². The molecule has 0 aliphatic rings. The van der Waals surface area contributed by atoms with Crippen molar-refractivity contribution in [2.45, 2.75) is 0 Å². The minimum Gasteiger partial charge on any atom is -0.495 e. The van der Waals surface area contributed by atoms with Crippen molar-refractivity contribution in [2.75, 3.05) is 7.11 Å². The Hall–Kier alpha value is -1.40. The van der Waals surface area contributed by atoms with E-state index in [0.717, 1.165) is 15.7 Å². The van der Waals surface area contributed by atoms with E-state index in [2.05, 4.69) is 25.9 Å². The molecule has 0 aliphatic carbocycles. The first-order valence-electron chi connectivity index (χ1n) is 6.85. The van der Waals surface area contributed by atoms with Gasteiger partial charge in [-0.05, 0) is 24.3 Å². The van der Waals surface area contributed by atoms with Crippen LogP contribution >= 0.6 is 50.5 Å². The smallest absolute Gasteiger partial charge is 0.209 e. The zero-order chi connectivity index (χ0) is 17.1. The van der Waals surface area contributed by atoms with Gasteiger partial charge in [-0.1, -0.05) is 51.3 Å². The number of benzene rings is 2. The van der Waals surface area contributed by atoms with Crippen LogP contribution in [0.15, 0.2) is 51.2 Å². The molecular formula is C17H11BrCl2N2OS. The summed E-state index contributed by atoms with van der Waals surface area (Å²) in [5.74, 6) is 0.537. The SMILES string of the molecule is COc1c(Cl)cc(Cl)cc1C=Nc1nc(-c2ccc(Br)cc2)cs1. The summed E-state index contributed by atoms with van der Waals surface area (Å²) in [4.78, 5) is 8.93. The molecule has 0 atom stereocenters. The van der Waals surface area contributed by atoms with Crippen LogP contribution in [0.3, 0.4) is 0 Å². The van der Waals surface area contributed by atoms with Crippen LogP contribution in [0.5, 0.6) is 5.75 Å². The average Bonchev–Trinajstić information content (AvgIpc) is 3.02. The molecule has 0 unspecified atom stereocenters. The first-order valence-corrected chi connectivity index (χ1v) is 9.28. The zero-order valence-electron chi connectivity index (χ0n) is 12.5. The zero-order valence-corrected chi connectivity index (χ0v) is 16.4. The van der Waals surface area contributed by atoms with Gasteiger partial charge in [-0.2, -0.15) is 0 Å². The number of nitrogens with zero attached hydrogens (tertiary/aromatic N) is 2. The average molecular weight is 442 g/mol. The molecule has 2 aromatic carbocycles. The van der Waals surface area contributed by atoms with E-state index in [0.29, 0.717) is 26.5 Å². The Morgan fingerprint density at radius 2 is 1.96 bits per heavy atom. The third-order valence-electron chi connectivity index (χ3n) is 3.19. The molecule has 1 aromatic heterocycles. The Kier molecular flexibility index (Phi) is 5.56. The maximum Gasteiger partial charge on any atom is 0.209 e. The number of aromatic nitrogens is 1. The van der Waals surface area contributed by atoms with Gasteiger partial charge in [-0.3, -0.25) is 0 Å². The van der Waals surface area contributed by atoms with Crippen molar-refractivity contribution >= 4 is 61.8 Å². The second-order valence-electron chi connectivity index (χ2n) is 4.79. The van der Waals surface area contributed by atoms with E-state index in [1.165, 1.54) is 11.3 Å². The van der Waals surface area contributed by atoms with Gasteiger partial charge in [0.25, 0.3) is 0 Å². The molecule has 3 nitrogen and oxygen atoms in total. The lowest BCUT2D eigenvalue weighted by Gasteiger charge is -2.06. The first-order chi connectivity index (χ1) is 11.6. The van der Waals surface area contributed by atoms with Gasteiger partial charge in [0.05, 0.1) is 17.8 Å². The third kappa shape index (κ3) is 3.98. The Morgan fingerprint density at radius 1 is 1.21 bits per heavy atom. The fourth-order valence-electron chi connectivity index (χ4n) is 2.09. The standard InChI is InChI=1S/C17H11BrCl2N2OS/c1-23-16-11(6-13(19)7-14(16)20)8-21-17-22-15(9-24-17)10-2-4-12(18)5-3-10/h2-9H,1H3. The maximum atomic E-state index is 6.13. The van der Waals surface area contributed by atoms with Gasteiger partial charge in [0, 0.05) is 32.2 Å². The fraction of sp³-hybridized carbons (Fsp3) is 0.0588. The van der Waals surface area contributed by atoms with E-state index >= 15 is 0 Å². The van der Waals surface area contributed by atoms with Gasteiger partial charge in [-0.15, -0.1) is 11.3 Å². The second-order valence-corrected chi connectivity index (χ2v) is 7.39. The summed E-state index contributed by atoms with van der Waals surface area (Å²) >= 11 is 17.1. The van der Waals surface area contributed by atoms with Crippen molar-refractivity contribution in [3.05, 3.63) is 61.9 Å². The van der Waals surface area contributed by atoms with Crippen LogP contribution in [0.2, 0.25) is 10.0 Å². The highest BCUT2D eigenvalue weighted by Crippen LogP contribution is 2.32. The molecular weight excluding hydrogens is 431 g/mol. The number of ether oxygens (including phenoxy) is 1. The number of rotatable bonds is 4. The first kappa shape index (κ1) is 17.4. The quantitative estimate of drug-likeness (QED) is 0.425. The summed E-state index contributed by atoms with van der Waals surface area (Å²) < 4.78 is 6.33. The van der Waals surface area contributed by atoms with Crippen LogP contribution in [0.25, 0.3) is 11.3 Å². The lowest BCUT2D eigenvalue weighted by atomic mass is 10.2. The van der Waals surface area contributed by atoms with Crippen LogP contribution in [-0.4, -0.2) is 18.3 Å². The van der Waals surface area contributed by atoms with Crippen molar-refractivity contribution in [3.8, 4) is 17.0 Å². The number of hydrogen-bond acceptors (Lipinski definition) is 4. The van der Waals surface area contributed by atoms with Crippen molar-refractivity contribution in [3.63, 3.8) is 0 Å². The second kappa shape index (κ2) is 7.66. The molecule has 0 amide bonds. The maximum absolute atomic E-state index is 6.13. The monoisotopic (exact) mass is 440 g/mol. The molecule has 0 spiro atoms. The van der Waals surface area contributed by atoms with Crippen LogP contribution in [0.1, 0.15) is 5.56 Å². The highest BCUT2D eigenvalue weighted by molar-refractivity contribution is 9.10. The summed E-state index contributed by atoms with van der Waals surface area (Å²) in [5, 5.41) is 3.59. The van der Waals surface area contributed by atoms with E-state index in [1.807, 2.05) is 29.6 Å².